The number of pyridine rings is 1. The highest BCUT2D eigenvalue weighted by atomic mass is 35.5. The molecule has 32 heavy (non-hydrogen) atoms. The van der Waals surface area contributed by atoms with E-state index in [1.54, 1.807) is 21.8 Å². The monoisotopic (exact) mass is 459 g/mol. The van der Waals surface area contributed by atoms with Crippen LogP contribution in [0.3, 0.4) is 0 Å². The highest BCUT2D eigenvalue weighted by Crippen LogP contribution is 2.47. The van der Waals surface area contributed by atoms with Gasteiger partial charge in [0.25, 0.3) is 0 Å². The summed E-state index contributed by atoms with van der Waals surface area (Å²) in [6.45, 7) is 0.361. The predicted molar refractivity (Wildman–Crippen MR) is 107 cm³/mol. The van der Waals surface area contributed by atoms with Crippen LogP contribution < -0.4 is 0 Å². The molecule has 1 N–H and O–H groups in total. The zero-order valence-corrected chi connectivity index (χ0v) is 17.3. The first-order chi connectivity index (χ1) is 15.4. The van der Waals surface area contributed by atoms with Crippen molar-refractivity contribution in [1.82, 2.24) is 34.7 Å². The number of fused-ring (bicyclic) bond motifs is 2. The molecule has 1 atom stereocenters. The van der Waals surface area contributed by atoms with E-state index < -0.39 is 23.8 Å². The van der Waals surface area contributed by atoms with Crippen molar-refractivity contribution in [2.75, 3.05) is 6.54 Å². The van der Waals surface area contributed by atoms with Crippen molar-refractivity contribution >= 4 is 23.0 Å². The molecule has 0 saturated heterocycles. The van der Waals surface area contributed by atoms with E-state index in [-0.39, 0.29) is 24.6 Å². The van der Waals surface area contributed by atoms with Crippen LogP contribution >= 0.6 is 11.6 Å². The van der Waals surface area contributed by atoms with Gasteiger partial charge in [-0.05, 0) is 18.2 Å². The van der Waals surface area contributed by atoms with Crippen molar-refractivity contribution in [1.29, 1.82) is 0 Å². The Labute approximate surface area is 184 Å². The van der Waals surface area contributed by atoms with Crippen molar-refractivity contribution in [3.63, 3.8) is 0 Å². The van der Waals surface area contributed by atoms with Crippen LogP contribution in [0.2, 0.25) is 5.15 Å². The lowest BCUT2D eigenvalue weighted by atomic mass is 9.81. The Bertz CT molecular complexity index is 1340. The minimum Gasteiger partial charge on any atom is -0.417 e. The van der Waals surface area contributed by atoms with E-state index in [9.17, 15) is 13.6 Å². The van der Waals surface area contributed by atoms with E-state index in [1.807, 2.05) is 18.2 Å². The number of alkyl halides is 2. The minimum atomic E-state index is -2.72. The van der Waals surface area contributed by atoms with Crippen molar-refractivity contribution in [2.45, 2.75) is 37.1 Å². The fourth-order valence-corrected chi connectivity index (χ4v) is 4.58. The van der Waals surface area contributed by atoms with E-state index in [2.05, 4.69) is 25.3 Å². The number of amides is 1. The van der Waals surface area contributed by atoms with Crippen LogP contribution in [-0.2, 0) is 6.42 Å². The second kappa shape index (κ2) is 6.83. The summed E-state index contributed by atoms with van der Waals surface area (Å²) in [5.74, 6) is -3.93. The second-order valence-electron chi connectivity index (χ2n) is 8.08. The summed E-state index contributed by atoms with van der Waals surface area (Å²) in [6, 6.07) is 6.64. The largest absolute Gasteiger partial charge is 0.417 e. The van der Waals surface area contributed by atoms with Crippen LogP contribution in [0.5, 0.6) is 0 Å². The number of H-pyrrole nitrogens is 1. The highest BCUT2D eigenvalue weighted by molar-refractivity contribution is 6.29. The number of halogens is 3. The molecule has 12 heteroatoms. The number of aromatic nitrogens is 6. The van der Waals surface area contributed by atoms with Gasteiger partial charge >= 0.3 is 11.8 Å². The van der Waals surface area contributed by atoms with Gasteiger partial charge in [0.2, 0.25) is 11.8 Å². The number of hydrogen-bond donors (Lipinski definition) is 1. The van der Waals surface area contributed by atoms with Gasteiger partial charge in [-0.2, -0.15) is 5.10 Å². The molecular weight excluding hydrogens is 444 g/mol. The summed E-state index contributed by atoms with van der Waals surface area (Å²) >= 11 is 6.27. The Morgan fingerprint density at radius 3 is 2.91 bits per heavy atom. The number of hydrogen-bond acceptors (Lipinski definition) is 6. The first kappa shape index (κ1) is 19.4. The summed E-state index contributed by atoms with van der Waals surface area (Å²) in [6.07, 6.45) is 1.43. The molecule has 0 aromatic carbocycles. The molecule has 164 valence electrons. The molecule has 0 bridgehead atoms. The Morgan fingerprint density at radius 1 is 1.28 bits per heavy atom. The molecule has 4 aromatic heterocycles. The third kappa shape index (κ3) is 2.99. The molecule has 0 spiro atoms. The van der Waals surface area contributed by atoms with Gasteiger partial charge in [0.15, 0.2) is 0 Å². The molecule has 0 radical (unpaired) electrons. The predicted octanol–water partition coefficient (Wildman–Crippen LogP) is 3.39. The third-order valence-corrected chi connectivity index (χ3v) is 6.27. The van der Waals surface area contributed by atoms with Crippen molar-refractivity contribution in [3.05, 3.63) is 64.6 Å². The third-order valence-electron chi connectivity index (χ3n) is 5.99. The number of imidazole rings is 1. The average Bonchev–Trinajstić information content (AvgIpc) is 3.49. The quantitative estimate of drug-likeness (QED) is 0.471. The zero-order chi connectivity index (χ0) is 22.0. The topological polar surface area (TPSA) is 105 Å². The number of aromatic amines is 1. The van der Waals surface area contributed by atoms with E-state index in [0.717, 1.165) is 11.2 Å². The van der Waals surface area contributed by atoms with Gasteiger partial charge in [-0.25, -0.2) is 18.3 Å². The standard InChI is InChI=1S/C20H16ClF2N7O2/c21-14-3-1-2-11-6-13(28-30(11)14)16-15-12(24-9-25-15)4-5-29(16)19(31)18-27-26-17(32-18)10-7-20(22,23)8-10/h1-3,6,9-10,16H,4-5,7-8H2,(H,24,25). The highest BCUT2D eigenvalue weighted by Gasteiger charge is 2.49. The molecule has 9 nitrogen and oxygen atoms in total. The molecule has 5 heterocycles. The zero-order valence-electron chi connectivity index (χ0n) is 16.5. The Balaban J connectivity index is 1.36. The van der Waals surface area contributed by atoms with E-state index in [4.69, 9.17) is 16.0 Å². The van der Waals surface area contributed by atoms with Gasteiger partial charge in [0, 0.05) is 37.4 Å². The minimum absolute atomic E-state index is 0.0628. The van der Waals surface area contributed by atoms with Gasteiger partial charge in [0.1, 0.15) is 11.2 Å². The fourth-order valence-electron chi connectivity index (χ4n) is 4.37. The molecule has 1 saturated carbocycles. The van der Waals surface area contributed by atoms with Crippen molar-refractivity contribution in [3.8, 4) is 0 Å². The van der Waals surface area contributed by atoms with Crippen LogP contribution in [0, 0.1) is 0 Å². The van der Waals surface area contributed by atoms with E-state index in [0.29, 0.717) is 29.5 Å². The summed E-state index contributed by atoms with van der Waals surface area (Å²) in [5, 5.41) is 12.7. The molecule has 1 amide bonds. The SMILES string of the molecule is O=C(c1nnc(C2CC(F)(F)C2)o1)N1CCc2[nH]cnc2C1c1cc2cccc(Cl)n2n1. The second-order valence-corrected chi connectivity index (χ2v) is 8.47. The molecular formula is C20H16ClF2N7O2. The van der Waals surface area contributed by atoms with Crippen LogP contribution in [-0.4, -0.2) is 53.1 Å². The molecule has 6 rings (SSSR count). The van der Waals surface area contributed by atoms with Crippen molar-refractivity contribution in [2.24, 2.45) is 0 Å². The number of rotatable bonds is 3. The number of nitrogens with zero attached hydrogens (tertiary/aromatic N) is 6. The van der Waals surface area contributed by atoms with Gasteiger partial charge in [-0.3, -0.25) is 4.79 Å². The van der Waals surface area contributed by atoms with Gasteiger partial charge in [-0.1, -0.05) is 17.7 Å². The first-order valence-corrected chi connectivity index (χ1v) is 10.5. The van der Waals surface area contributed by atoms with Gasteiger partial charge in [-0.15, -0.1) is 10.2 Å². The van der Waals surface area contributed by atoms with Gasteiger partial charge < -0.3 is 14.3 Å². The smallest absolute Gasteiger partial charge is 0.312 e. The van der Waals surface area contributed by atoms with Crippen molar-refractivity contribution < 1.29 is 18.0 Å². The number of carbonyl (C=O) groups is 1. The summed E-state index contributed by atoms with van der Waals surface area (Å²) < 4.78 is 33.5. The maximum absolute atomic E-state index is 13.3. The number of carbonyl (C=O) groups excluding carboxylic acids is 1. The fraction of sp³-hybridized carbons (Fsp3) is 0.350. The average molecular weight is 460 g/mol. The molecule has 1 fully saturated rings. The van der Waals surface area contributed by atoms with Crippen LogP contribution in [0.15, 0.2) is 35.0 Å². The maximum atomic E-state index is 13.3. The molecule has 1 aliphatic carbocycles. The maximum Gasteiger partial charge on any atom is 0.312 e. The van der Waals surface area contributed by atoms with E-state index >= 15 is 0 Å². The molecule has 4 aromatic rings. The lowest BCUT2D eigenvalue weighted by Gasteiger charge is -2.33. The first-order valence-electron chi connectivity index (χ1n) is 10.1. The molecule has 2 aliphatic rings. The van der Waals surface area contributed by atoms with Crippen LogP contribution in [0.4, 0.5) is 8.78 Å². The Morgan fingerprint density at radius 2 is 2.12 bits per heavy atom. The summed E-state index contributed by atoms with van der Waals surface area (Å²) in [4.78, 5) is 22.4. The van der Waals surface area contributed by atoms with Gasteiger partial charge in [0.05, 0.1) is 23.2 Å². The Hall–Kier alpha value is -3.34. The lowest BCUT2D eigenvalue weighted by Crippen LogP contribution is -2.41. The van der Waals surface area contributed by atoms with Crippen LogP contribution in [0.1, 0.15) is 58.5 Å². The lowest BCUT2D eigenvalue weighted by molar-refractivity contribution is -0.0919. The Kier molecular flexibility index (Phi) is 4.13. The van der Waals surface area contributed by atoms with Crippen LogP contribution in [0.25, 0.3) is 5.52 Å². The summed E-state index contributed by atoms with van der Waals surface area (Å²) in [7, 11) is 0. The number of nitrogens with one attached hydrogen (secondary N) is 1. The normalized spacial score (nSPS) is 20.3. The molecule has 1 unspecified atom stereocenters. The van der Waals surface area contributed by atoms with E-state index in [1.165, 1.54) is 0 Å². The summed E-state index contributed by atoms with van der Waals surface area (Å²) in [5.41, 5.74) is 2.93. The molecule has 1 aliphatic heterocycles.